The van der Waals surface area contributed by atoms with E-state index in [1.165, 1.54) is 23.6 Å². The lowest BCUT2D eigenvalue weighted by Gasteiger charge is -2.08. The summed E-state index contributed by atoms with van der Waals surface area (Å²) in [6.07, 6.45) is 1.56. The molecular formula is C20H15ClN2O3S. The maximum atomic E-state index is 13.5. The molecule has 0 aliphatic heterocycles. The van der Waals surface area contributed by atoms with Crippen LogP contribution in [0.2, 0.25) is 5.02 Å². The van der Waals surface area contributed by atoms with E-state index in [1.54, 1.807) is 30.5 Å². The van der Waals surface area contributed by atoms with Gasteiger partial charge in [-0.25, -0.2) is 13.4 Å². The number of imidazole rings is 1. The minimum Gasteiger partial charge on any atom is -0.497 e. The molecule has 2 aromatic heterocycles. The highest BCUT2D eigenvalue weighted by Crippen LogP contribution is 2.33. The molecule has 4 aromatic rings. The molecule has 0 bridgehead atoms. The Labute approximate surface area is 161 Å². The Balaban J connectivity index is 2.02. The van der Waals surface area contributed by atoms with Gasteiger partial charge in [-0.1, -0.05) is 41.9 Å². The Bertz CT molecular complexity index is 1220. The zero-order valence-corrected chi connectivity index (χ0v) is 15.9. The van der Waals surface area contributed by atoms with E-state index in [9.17, 15) is 8.42 Å². The number of methoxy groups -OCH3 is 1. The van der Waals surface area contributed by atoms with Gasteiger partial charge in [0.1, 0.15) is 17.1 Å². The van der Waals surface area contributed by atoms with Gasteiger partial charge >= 0.3 is 0 Å². The van der Waals surface area contributed by atoms with Gasteiger partial charge in [0.05, 0.1) is 17.0 Å². The number of rotatable bonds is 4. The molecule has 5 nitrogen and oxygen atoms in total. The summed E-state index contributed by atoms with van der Waals surface area (Å²) in [5.41, 5.74) is 1.60. The summed E-state index contributed by atoms with van der Waals surface area (Å²) in [7, 11) is -2.33. The number of fused-ring (bicyclic) bond motifs is 1. The molecule has 2 aromatic carbocycles. The van der Waals surface area contributed by atoms with Gasteiger partial charge in [-0.2, -0.15) is 0 Å². The Morgan fingerprint density at radius 2 is 1.67 bits per heavy atom. The summed E-state index contributed by atoms with van der Waals surface area (Å²) >= 11 is 6.12. The number of sulfone groups is 1. The molecule has 0 aliphatic rings. The smallest absolute Gasteiger partial charge is 0.224 e. The molecular weight excluding hydrogens is 384 g/mol. The van der Waals surface area contributed by atoms with E-state index in [1.807, 2.05) is 30.3 Å². The number of benzene rings is 2. The van der Waals surface area contributed by atoms with E-state index < -0.39 is 9.84 Å². The molecule has 0 unspecified atom stereocenters. The first-order valence-corrected chi connectivity index (χ1v) is 9.99. The number of pyridine rings is 1. The average Bonchev–Trinajstić information content (AvgIpc) is 3.08. The second kappa shape index (κ2) is 6.72. The van der Waals surface area contributed by atoms with E-state index in [0.717, 1.165) is 0 Å². The molecule has 27 heavy (non-hydrogen) atoms. The predicted octanol–water partition coefficient (Wildman–Crippen LogP) is 4.50. The van der Waals surface area contributed by atoms with Crippen molar-refractivity contribution in [3.05, 3.63) is 77.9 Å². The Hall–Kier alpha value is -2.83. The van der Waals surface area contributed by atoms with Crippen LogP contribution in [0.15, 0.2) is 82.8 Å². The molecule has 2 heterocycles. The van der Waals surface area contributed by atoms with Crippen molar-refractivity contribution in [3.63, 3.8) is 0 Å². The molecule has 7 heteroatoms. The fourth-order valence-corrected chi connectivity index (χ4v) is 4.61. The second-order valence-corrected chi connectivity index (χ2v) is 8.19. The van der Waals surface area contributed by atoms with Crippen molar-refractivity contribution >= 4 is 27.1 Å². The maximum absolute atomic E-state index is 13.5. The second-order valence-electron chi connectivity index (χ2n) is 5.89. The normalized spacial score (nSPS) is 11.6. The van der Waals surface area contributed by atoms with Crippen molar-refractivity contribution in [2.75, 3.05) is 7.11 Å². The van der Waals surface area contributed by atoms with Gasteiger partial charge in [-0.05, 0) is 36.4 Å². The highest BCUT2D eigenvalue weighted by atomic mass is 35.5. The molecule has 136 valence electrons. The molecule has 0 spiro atoms. The largest absolute Gasteiger partial charge is 0.497 e. The number of aromatic nitrogens is 2. The van der Waals surface area contributed by atoms with Gasteiger partial charge in [0.2, 0.25) is 9.84 Å². The van der Waals surface area contributed by atoms with Crippen molar-refractivity contribution in [1.82, 2.24) is 9.38 Å². The van der Waals surface area contributed by atoms with Gasteiger partial charge in [0.15, 0.2) is 5.03 Å². The molecule has 0 saturated heterocycles. The third-order valence-corrected chi connectivity index (χ3v) is 6.23. The van der Waals surface area contributed by atoms with Crippen molar-refractivity contribution in [3.8, 4) is 17.0 Å². The summed E-state index contributed by atoms with van der Waals surface area (Å²) in [5, 5.41) is 0.502. The molecule has 0 aliphatic carbocycles. The summed E-state index contributed by atoms with van der Waals surface area (Å²) in [5.74, 6) is 0.582. The van der Waals surface area contributed by atoms with Crippen LogP contribution in [0.5, 0.6) is 5.75 Å². The van der Waals surface area contributed by atoms with Crippen LogP contribution in [0.25, 0.3) is 16.9 Å². The van der Waals surface area contributed by atoms with E-state index in [-0.39, 0.29) is 9.92 Å². The molecule has 0 atom stereocenters. The van der Waals surface area contributed by atoms with Crippen LogP contribution in [-0.4, -0.2) is 24.9 Å². The molecule has 0 N–H and O–H groups in total. The van der Waals surface area contributed by atoms with E-state index in [0.29, 0.717) is 27.7 Å². The van der Waals surface area contributed by atoms with Crippen LogP contribution < -0.4 is 4.74 Å². The Morgan fingerprint density at radius 3 is 2.33 bits per heavy atom. The summed E-state index contributed by atoms with van der Waals surface area (Å²) < 4.78 is 33.6. The van der Waals surface area contributed by atoms with Crippen LogP contribution >= 0.6 is 11.6 Å². The van der Waals surface area contributed by atoms with Crippen LogP contribution in [0, 0.1) is 0 Å². The molecule has 0 radical (unpaired) electrons. The maximum Gasteiger partial charge on any atom is 0.224 e. The number of nitrogens with zero attached hydrogens (tertiary/aromatic N) is 2. The highest BCUT2D eigenvalue weighted by molar-refractivity contribution is 7.91. The zero-order chi connectivity index (χ0) is 19.0. The lowest BCUT2D eigenvalue weighted by molar-refractivity contribution is 0.414. The van der Waals surface area contributed by atoms with Crippen LogP contribution in [0.3, 0.4) is 0 Å². The Morgan fingerprint density at radius 1 is 0.963 bits per heavy atom. The van der Waals surface area contributed by atoms with Crippen LogP contribution in [0.1, 0.15) is 0 Å². The van der Waals surface area contributed by atoms with Crippen LogP contribution in [-0.2, 0) is 9.84 Å². The minimum absolute atomic E-state index is 0.0800. The lowest BCUT2D eigenvalue weighted by atomic mass is 10.2. The van der Waals surface area contributed by atoms with Crippen LogP contribution in [0.4, 0.5) is 0 Å². The van der Waals surface area contributed by atoms with Gasteiger partial charge in [-0.3, -0.25) is 4.40 Å². The average molecular weight is 399 g/mol. The van der Waals surface area contributed by atoms with Crippen molar-refractivity contribution in [2.45, 2.75) is 9.92 Å². The summed E-state index contributed by atoms with van der Waals surface area (Å²) in [6.45, 7) is 0. The van der Waals surface area contributed by atoms with Gasteiger partial charge in [0, 0.05) is 11.8 Å². The fraction of sp³-hybridized carbons (Fsp3) is 0.0500. The van der Waals surface area contributed by atoms with Crippen molar-refractivity contribution < 1.29 is 13.2 Å². The number of halogens is 1. The quantitative estimate of drug-likeness (QED) is 0.508. The molecule has 4 rings (SSSR count). The third kappa shape index (κ3) is 3.07. The predicted molar refractivity (Wildman–Crippen MR) is 104 cm³/mol. The van der Waals surface area contributed by atoms with Gasteiger partial charge < -0.3 is 4.74 Å². The summed E-state index contributed by atoms with van der Waals surface area (Å²) in [6, 6.07) is 18.9. The van der Waals surface area contributed by atoms with Crippen molar-refractivity contribution in [1.29, 1.82) is 0 Å². The SMILES string of the molecule is COc1ccc(S(=O)(=O)c2c(-c3ccccc3)nc3ccc(Cl)cn23)cc1. The minimum atomic E-state index is -3.86. The molecule has 0 amide bonds. The first-order valence-electron chi connectivity index (χ1n) is 8.13. The third-order valence-electron chi connectivity index (χ3n) is 4.21. The zero-order valence-electron chi connectivity index (χ0n) is 14.3. The monoisotopic (exact) mass is 398 g/mol. The lowest BCUT2D eigenvalue weighted by Crippen LogP contribution is -2.07. The van der Waals surface area contributed by atoms with E-state index in [2.05, 4.69) is 4.98 Å². The number of ether oxygens (including phenoxy) is 1. The molecule has 0 saturated carbocycles. The topological polar surface area (TPSA) is 60.7 Å². The van der Waals surface area contributed by atoms with Gasteiger partial charge in [0.25, 0.3) is 0 Å². The van der Waals surface area contributed by atoms with Gasteiger partial charge in [-0.15, -0.1) is 0 Å². The highest BCUT2D eigenvalue weighted by Gasteiger charge is 2.28. The molecule has 0 fully saturated rings. The summed E-state index contributed by atoms with van der Waals surface area (Å²) in [4.78, 5) is 4.70. The van der Waals surface area contributed by atoms with E-state index >= 15 is 0 Å². The number of hydrogen-bond acceptors (Lipinski definition) is 4. The van der Waals surface area contributed by atoms with E-state index in [4.69, 9.17) is 16.3 Å². The standard InChI is InChI=1S/C20H15ClN2O3S/c1-26-16-8-10-17(11-9-16)27(24,25)20-19(14-5-3-2-4-6-14)22-18-12-7-15(21)13-23(18)20/h2-13H,1H3. The Kier molecular flexibility index (Phi) is 4.37. The fourth-order valence-electron chi connectivity index (χ4n) is 2.90. The first-order chi connectivity index (χ1) is 13.0. The van der Waals surface area contributed by atoms with Crippen molar-refractivity contribution in [2.24, 2.45) is 0 Å². The first kappa shape index (κ1) is 17.6. The number of hydrogen-bond donors (Lipinski definition) is 0.